The van der Waals surface area contributed by atoms with Crippen LogP contribution in [0.2, 0.25) is 5.02 Å². The third-order valence-electron chi connectivity index (χ3n) is 4.54. The van der Waals surface area contributed by atoms with Gasteiger partial charge < -0.3 is 19.1 Å². The molecule has 144 valence electrons. The summed E-state index contributed by atoms with van der Waals surface area (Å²) in [6, 6.07) is 5.14. The lowest BCUT2D eigenvalue weighted by Crippen LogP contribution is -2.36. The van der Waals surface area contributed by atoms with Gasteiger partial charge in [0.25, 0.3) is 0 Å². The maximum absolute atomic E-state index is 12.7. The maximum atomic E-state index is 12.7. The van der Waals surface area contributed by atoms with E-state index in [1.807, 2.05) is 0 Å². The summed E-state index contributed by atoms with van der Waals surface area (Å²) in [6.45, 7) is 2.50. The summed E-state index contributed by atoms with van der Waals surface area (Å²) in [4.78, 5) is 32.4. The average Bonchev–Trinajstić information content (AvgIpc) is 3.24. The second-order valence-corrected chi connectivity index (χ2v) is 6.87. The van der Waals surface area contributed by atoms with Crippen LogP contribution in [0.3, 0.4) is 0 Å². The van der Waals surface area contributed by atoms with E-state index in [2.05, 4.69) is 10.1 Å². The number of methoxy groups -OCH3 is 1. The monoisotopic (exact) mass is 392 g/mol. The first kappa shape index (κ1) is 19.2. The summed E-state index contributed by atoms with van der Waals surface area (Å²) in [6.07, 6.45) is 0.673. The minimum absolute atomic E-state index is 0.0781. The van der Waals surface area contributed by atoms with Crippen molar-refractivity contribution >= 4 is 29.1 Å². The number of likely N-dealkylation sites (N-methyl/N-ethyl adjacent to an activating group) is 1. The smallest absolute Gasteiger partial charge is 0.227 e. The molecule has 9 heteroatoms. The van der Waals surface area contributed by atoms with Gasteiger partial charge in [-0.2, -0.15) is 4.98 Å². The van der Waals surface area contributed by atoms with Crippen molar-refractivity contribution in [3.63, 3.8) is 0 Å². The minimum atomic E-state index is -0.393. The summed E-state index contributed by atoms with van der Waals surface area (Å²) in [5.41, 5.74) is 0.658. The fourth-order valence-corrected chi connectivity index (χ4v) is 3.33. The van der Waals surface area contributed by atoms with Crippen LogP contribution in [0, 0.1) is 12.8 Å². The Morgan fingerprint density at radius 2 is 2.26 bits per heavy atom. The molecule has 8 nitrogen and oxygen atoms in total. The quantitative estimate of drug-likeness (QED) is 0.747. The number of halogens is 1. The second kappa shape index (κ2) is 7.96. The number of ether oxygens (including phenoxy) is 1. The van der Waals surface area contributed by atoms with E-state index in [4.69, 9.17) is 20.9 Å². The van der Waals surface area contributed by atoms with E-state index in [1.54, 1.807) is 42.0 Å². The first-order valence-corrected chi connectivity index (χ1v) is 8.95. The molecule has 2 aromatic rings. The van der Waals surface area contributed by atoms with Gasteiger partial charge in [0.1, 0.15) is 5.75 Å². The van der Waals surface area contributed by atoms with Crippen LogP contribution >= 0.6 is 11.6 Å². The number of amides is 2. The van der Waals surface area contributed by atoms with Crippen LogP contribution < -0.4 is 9.64 Å². The molecule has 0 aliphatic carbocycles. The molecule has 2 amide bonds. The first-order chi connectivity index (χ1) is 12.9. The normalized spacial score (nSPS) is 16.7. The Hall–Kier alpha value is -2.61. The molecule has 1 aliphatic rings. The highest BCUT2D eigenvalue weighted by atomic mass is 35.5. The molecule has 0 saturated carbocycles. The lowest BCUT2D eigenvalue weighted by Gasteiger charge is -2.21. The van der Waals surface area contributed by atoms with E-state index in [9.17, 15) is 9.59 Å². The van der Waals surface area contributed by atoms with E-state index in [1.165, 1.54) is 7.11 Å². The first-order valence-electron chi connectivity index (χ1n) is 8.57. The molecule has 3 rings (SSSR count). The van der Waals surface area contributed by atoms with Crippen molar-refractivity contribution in [2.45, 2.75) is 19.8 Å². The molecule has 2 heterocycles. The molecule has 0 N–H and O–H groups in total. The number of rotatable bonds is 6. The number of hydrogen-bond acceptors (Lipinski definition) is 6. The van der Waals surface area contributed by atoms with Crippen LogP contribution in [-0.2, 0) is 16.0 Å². The molecule has 1 aliphatic heterocycles. The molecular weight excluding hydrogens is 372 g/mol. The van der Waals surface area contributed by atoms with Gasteiger partial charge in [-0.3, -0.25) is 9.59 Å². The molecule has 0 bridgehead atoms. The zero-order valence-corrected chi connectivity index (χ0v) is 16.2. The van der Waals surface area contributed by atoms with E-state index in [-0.39, 0.29) is 18.2 Å². The zero-order chi connectivity index (χ0) is 19.6. The van der Waals surface area contributed by atoms with Crippen LogP contribution in [0.1, 0.15) is 18.1 Å². The van der Waals surface area contributed by atoms with E-state index >= 15 is 0 Å². The number of carbonyl (C=O) groups is 2. The zero-order valence-electron chi connectivity index (χ0n) is 15.4. The Balaban J connectivity index is 1.62. The van der Waals surface area contributed by atoms with Gasteiger partial charge in [0.2, 0.25) is 17.7 Å². The SMILES string of the molecule is COc1ccc(N2C[C@H](C(=O)N(C)CCc3noc(C)n3)CC2=O)cc1Cl. The van der Waals surface area contributed by atoms with Crippen LogP contribution in [0.5, 0.6) is 5.75 Å². The minimum Gasteiger partial charge on any atom is -0.495 e. The fraction of sp³-hybridized carbons (Fsp3) is 0.444. The Morgan fingerprint density at radius 1 is 1.48 bits per heavy atom. The highest BCUT2D eigenvalue weighted by Crippen LogP contribution is 2.32. The van der Waals surface area contributed by atoms with Crippen LogP contribution in [-0.4, -0.2) is 54.1 Å². The number of carbonyl (C=O) groups excluding carboxylic acids is 2. The van der Waals surface area contributed by atoms with Crippen LogP contribution in [0.15, 0.2) is 22.7 Å². The Morgan fingerprint density at radius 3 is 2.89 bits per heavy atom. The molecule has 0 spiro atoms. The lowest BCUT2D eigenvalue weighted by atomic mass is 10.1. The molecule has 1 fully saturated rings. The number of benzene rings is 1. The van der Waals surface area contributed by atoms with Crippen LogP contribution in [0.4, 0.5) is 5.69 Å². The highest BCUT2D eigenvalue weighted by Gasteiger charge is 2.36. The van der Waals surface area contributed by atoms with Crippen molar-refractivity contribution < 1.29 is 18.8 Å². The van der Waals surface area contributed by atoms with Crippen LogP contribution in [0.25, 0.3) is 0 Å². The Labute approximate surface area is 162 Å². The van der Waals surface area contributed by atoms with Gasteiger partial charge in [-0.1, -0.05) is 16.8 Å². The average molecular weight is 393 g/mol. The molecule has 1 aromatic carbocycles. The van der Waals surface area contributed by atoms with Crippen molar-refractivity contribution in [3.8, 4) is 5.75 Å². The van der Waals surface area contributed by atoms with Gasteiger partial charge >= 0.3 is 0 Å². The number of anilines is 1. The summed E-state index contributed by atoms with van der Waals surface area (Å²) in [5, 5.41) is 4.24. The molecule has 1 atom stereocenters. The summed E-state index contributed by atoms with van der Waals surface area (Å²) >= 11 is 6.15. The van der Waals surface area contributed by atoms with Gasteiger partial charge in [0.15, 0.2) is 5.82 Å². The Kier molecular flexibility index (Phi) is 5.65. The molecule has 1 aromatic heterocycles. The third kappa shape index (κ3) is 4.21. The van der Waals surface area contributed by atoms with Crippen molar-refractivity contribution in [3.05, 3.63) is 34.9 Å². The van der Waals surface area contributed by atoms with Gasteiger partial charge in [-0.25, -0.2) is 0 Å². The van der Waals surface area contributed by atoms with Crippen molar-refractivity contribution in [1.82, 2.24) is 15.0 Å². The third-order valence-corrected chi connectivity index (χ3v) is 4.83. The van der Waals surface area contributed by atoms with Crippen molar-refractivity contribution in [2.75, 3.05) is 32.1 Å². The predicted octanol–water partition coefficient (Wildman–Crippen LogP) is 2.09. The molecule has 1 saturated heterocycles. The number of nitrogens with zero attached hydrogens (tertiary/aromatic N) is 4. The van der Waals surface area contributed by atoms with E-state index in [0.717, 1.165) is 0 Å². The van der Waals surface area contributed by atoms with E-state index < -0.39 is 5.92 Å². The van der Waals surface area contributed by atoms with Crippen molar-refractivity contribution in [2.24, 2.45) is 5.92 Å². The predicted molar refractivity (Wildman–Crippen MR) is 98.8 cm³/mol. The fourth-order valence-electron chi connectivity index (χ4n) is 3.08. The number of hydrogen-bond donors (Lipinski definition) is 0. The second-order valence-electron chi connectivity index (χ2n) is 6.46. The molecule has 27 heavy (non-hydrogen) atoms. The summed E-state index contributed by atoms with van der Waals surface area (Å²) in [7, 11) is 3.25. The van der Waals surface area contributed by atoms with Gasteiger partial charge in [0.05, 0.1) is 18.1 Å². The highest BCUT2D eigenvalue weighted by molar-refractivity contribution is 6.32. The van der Waals surface area contributed by atoms with Gasteiger partial charge in [0, 0.05) is 45.6 Å². The maximum Gasteiger partial charge on any atom is 0.227 e. The van der Waals surface area contributed by atoms with Gasteiger partial charge in [-0.15, -0.1) is 0 Å². The summed E-state index contributed by atoms with van der Waals surface area (Å²) in [5.74, 6) is 1.02. The standard InChI is InChI=1S/C18H21ClN4O4/c1-11-20-16(21-27-11)6-7-22(2)18(25)12-8-17(24)23(10-12)13-4-5-15(26-3)14(19)9-13/h4-5,9,12H,6-8,10H2,1-3H3/t12-/m1/s1. The topological polar surface area (TPSA) is 88.8 Å². The largest absolute Gasteiger partial charge is 0.495 e. The molecule has 0 unspecified atom stereocenters. The number of aromatic nitrogens is 2. The molecular formula is C18H21ClN4O4. The van der Waals surface area contributed by atoms with Crippen molar-refractivity contribution in [1.29, 1.82) is 0 Å². The molecule has 0 radical (unpaired) electrons. The Bertz CT molecular complexity index is 854. The van der Waals surface area contributed by atoms with E-state index in [0.29, 0.717) is 47.7 Å². The number of aryl methyl sites for hydroxylation is 1. The summed E-state index contributed by atoms with van der Waals surface area (Å²) < 4.78 is 10.1. The lowest BCUT2D eigenvalue weighted by molar-refractivity contribution is -0.134. The van der Waals surface area contributed by atoms with Gasteiger partial charge in [-0.05, 0) is 18.2 Å².